The highest BCUT2D eigenvalue weighted by atomic mass is 127. The standard InChI is InChI=1S/C20H30N4O3.HI/c1-2-21-19(23-13-10-20(15-23)11-14-27-16-20)22-12-4-3-5-17-6-8-18(9-7-17)24(25)26;/h6-9H,2-5,10-16H2,1H3,(H,21,22);1H. The van der Waals surface area contributed by atoms with Gasteiger partial charge >= 0.3 is 0 Å². The second kappa shape index (κ2) is 10.9. The molecule has 0 saturated carbocycles. The lowest BCUT2D eigenvalue weighted by atomic mass is 9.87. The van der Waals surface area contributed by atoms with Crippen molar-refractivity contribution in [2.75, 3.05) is 39.4 Å². The summed E-state index contributed by atoms with van der Waals surface area (Å²) in [5.41, 5.74) is 1.63. The molecule has 2 aliphatic rings. The molecule has 2 fully saturated rings. The maximum atomic E-state index is 10.7. The lowest BCUT2D eigenvalue weighted by molar-refractivity contribution is -0.384. The number of nitrogens with one attached hydrogen (secondary N) is 1. The summed E-state index contributed by atoms with van der Waals surface area (Å²) in [5.74, 6) is 1.02. The number of non-ortho nitro benzene ring substituents is 1. The second-order valence-corrected chi connectivity index (χ2v) is 7.59. The Balaban J connectivity index is 0.00000280. The van der Waals surface area contributed by atoms with Gasteiger partial charge in [-0.3, -0.25) is 15.1 Å². The summed E-state index contributed by atoms with van der Waals surface area (Å²) in [4.78, 5) is 17.5. The Hall–Kier alpha value is -1.42. The SMILES string of the molecule is CCNC(=NCCCCc1ccc([N+](=O)[O-])cc1)N1CCC2(CCOC2)C1.I. The number of hydrogen-bond acceptors (Lipinski definition) is 4. The van der Waals surface area contributed by atoms with Crippen LogP contribution in [0.5, 0.6) is 0 Å². The number of benzene rings is 1. The van der Waals surface area contributed by atoms with Crippen LogP contribution in [-0.4, -0.2) is 55.2 Å². The normalized spacial score (nSPS) is 21.8. The number of nitrogens with zero attached hydrogens (tertiary/aromatic N) is 3. The van der Waals surface area contributed by atoms with Crippen LogP contribution in [0.4, 0.5) is 5.69 Å². The molecule has 1 aromatic rings. The number of nitro benzene ring substituents is 1. The summed E-state index contributed by atoms with van der Waals surface area (Å²) in [7, 11) is 0. The Bertz CT molecular complexity index is 660. The van der Waals surface area contributed by atoms with Gasteiger partial charge in [0, 0.05) is 50.3 Å². The molecule has 0 radical (unpaired) electrons. The molecule has 3 rings (SSSR count). The lowest BCUT2D eigenvalue weighted by Crippen LogP contribution is -2.41. The van der Waals surface area contributed by atoms with Crippen LogP contribution in [0.2, 0.25) is 0 Å². The number of likely N-dealkylation sites (tertiary alicyclic amines) is 1. The van der Waals surface area contributed by atoms with Gasteiger partial charge in [-0.05, 0) is 44.6 Å². The average molecular weight is 502 g/mol. The van der Waals surface area contributed by atoms with E-state index in [0.29, 0.717) is 5.41 Å². The van der Waals surface area contributed by atoms with E-state index in [4.69, 9.17) is 9.73 Å². The summed E-state index contributed by atoms with van der Waals surface area (Å²) in [6.45, 7) is 7.66. The largest absolute Gasteiger partial charge is 0.381 e. The number of rotatable bonds is 7. The first kappa shape index (κ1) is 22.9. The third-order valence-corrected chi connectivity index (χ3v) is 5.54. The van der Waals surface area contributed by atoms with E-state index in [-0.39, 0.29) is 34.6 Å². The molecule has 1 unspecified atom stereocenters. The average Bonchev–Trinajstić information content (AvgIpc) is 3.31. The third kappa shape index (κ3) is 6.04. The van der Waals surface area contributed by atoms with Crippen LogP contribution < -0.4 is 5.32 Å². The lowest BCUT2D eigenvalue weighted by Gasteiger charge is -2.25. The third-order valence-electron chi connectivity index (χ3n) is 5.54. The van der Waals surface area contributed by atoms with Crippen molar-refractivity contribution in [1.82, 2.24) is 10.2 Å². The van der Waals surface area contributed by atoms with Crippen LogP contribution in [0.25, 0.3) is 0 Å². The molecule has 8 heteroatoms. The van der Waals surface area contributed by atoms with Crippen molar-refractivity contribution >= 4 is 35.6 Å². The number of guanidine groups is 1. The van der Waals surface area contributed by atoms with Crippen LogP contribution in [0.1, 0.15) is 38.2 Å². The Morgan fingerprint density at radius 3 is 2.75 bits per heavy atom. The molecule has 2 aliphatic heterocycles. The van der Waals surface area contributed by atoms with Gasteiger partial charge in [0.2, 0.25) is 0 Å². The Morgan fingerprint density at radius 1 is 1.32 bits per heavy atom. The van der Waals surface area contributed by atoms with E-state index in [1.54, 1.807) is 12.1 Å². The summed E-state index contributed by atoms with van der Waals surface area (Å²) in [6, 6.07) is 6.84. The van der Waals surface area contributed by atoms with Crippen molar-refractivity contribution < 1.29 is 9.66 Å². The highest BCUT2D eigenvalue weighted by Gasteiger charge is 2.42. The first-order valence-electron chi connectivity index (χ1n) is 9.96. The monoisotopic (exact) mass is 502 g/mol. The maximum absolute atomic E-state index is 10.7. The van der Waals surface area contributed by atoms with Gasteiger partial charge in [0.15, 0.2) is 5.96 Å². The number of aryl methyl sites for hydroxylation is 1. The van der Waals surface area contributed by atoms with Gasteiger partial charge in [0.1, 0.15) is 0 Å². The summed E-state index contributed by atoms with van der Waals surface area (Å²) in [5, 5.41) is 14.1. The zero-order chi connectivity index (χ0) is 19.1. The van der Waals surface area contributed by atoms with E-state index < -0.39 is 0 Å². The number of halogens is 1. The summed E-state index contributed by atoms with van der Waals surface area (Å²) < 4.78 is 5.62. The minimum Gasteiger partial charge on any atom is -0.381 e. The minimum atomic E-state index is -0.360. The minimum absolute atomic E-state index is 0. The number of unbranched alkanes of at least 4 members (excludes halogenated alkanes) is 1. The fraction of sp³-hybridized carbons (Fsp3) is 0.650. The van der Waals surface area contributed by atoms with Crippen molar-refractivity contribution in [1.29, 1.82) is 0 Å². The van der Waals surface area contributed by atoms with Crippen LogP contribution >= 0.6 is 24.0 Å². The first-order valence-corrected chi connectivity index (χ1v) is 9.96. The topological polar surface area (TPSA) is 80.0 Å². The van der Waals surface area contributed by atoms with Crippen molar-refractivity contribution in [2.45, 2.75) is 39.0 Å². The van der Waals surface area contributed by atoms with Gasteiger partial charge in [-0.2, -0.15) is 0 Å². The van der Waals surface area contributed by atoms with E-state index in [0.717, 1.165) is 76.6 Å². The predicted octanol–water partition coefficient (Wildman–Crippen LogP) is 3.61. The molecule has 0 bridgehead atoms. The van der Waals surface area contributed by atoms with Gasteiger partial charge < -0.3 is 15.0 Å². The summed E-state index contributed by atoms with van der Waals surface area (Å²) >= 11 is 0. The molecule has 7 nitrogen and oxygen atoms in total. The zero-order valence-electron chi connectivity index (χ0n) is 16.6. The molecule has 0 aliphatic carbocycles. The smallest absolute Gasteiger partial charge is 0.269 e. The van der Waals surface area contributed by atoms with Crippen LogP contribution in [0.15, 0.2) is 29.3 Å². The molecule has 1 aromatic carbocycles. The molecule has 28 heavy (non-hydrogen) atoms. The molecule has 1 spiro atoms. The van der Waals surface area contributed by atoms with E-state index in [1.807, 2.05) is 12.1 Å². The van der Waals surface area contributed by atoms with Gasteiger partial charge in [-0.1, -0.05) is 12.1 Å². The highest BCUT2D eigenvalue weighted by molar-refractivity contribution is 14.0. The zero-order valence-corrected chi connectivity index (χ0v) is 18.9. The van der Waals surface area contributed by atoms with Gasteiger partial charge in [0.25, 0.3) is 5.69 Å². The van der Waals surface area contributed by atoms with Crippen molar-refractivity contribution in [3.63, 3.8) is 0 Å². The van der Waals surface area contributed by atoms with Gasteiger partial charge in [-0.15, -0.1) is 24.0 Å². The van der Waals surface area contributed by atoms with Crippen molar-refractivity contribution in [3.8, 4) is 0 Å². The predicted molar refractivity (Wildman–Crippen MR) is 121 cm³/mol. The number of hydrogen-bond donors (Lipinski definition) is 1. The molecular weight excluding hydrogens is 471 g/mol. The molecular formula is C20H31IN4O3. The molecule has 0 aromatic heterocycles. The maximum Gasteiger partial charge on any atom is 0.269 e. The molecule has 156 valence electrons. The van der Waals surface area contributed by atoms with E-state index in [2.05, 4.69) is 17.1 Å². The van der Waals surface area contributed by atoms with E-state index in [1.165, 1.54) is 6.42 Å². The number of nitro groups is 1. The highest BCUT2D eigenvalue weighted by Crippen LogP contribution is 2.38. The first-order chi connectivity index (χ1) is 13.1. The van der Waals surface area contributed by atoms with E-state index >= 15 is 0 Å². The fourth-order valence-corrected chi connectivity index (χ4v) is 3.92. The molecule has 1 atom stereocenters. The molecule has 2 saturated heterocycles. The van der Waals surface area contributed by atoms with Gasteiger partial charge in [-0.25, -0.2) is 0 Å². The Labute approximate surface area is 184 Å². The van der Waals surface area contributed by atoms with Crippen LogP contribution in [-0.2, 0) is 11.2 Å². The van der Waals surface area contributed by atoms with Crippen molar-refractivity contribution in [2.24, 2.45) is 10.4 Å². The quantitative estimate of drug-likeness (QED) is 0.154. The van der Waals surface area contributed by atoms with Gasteiger partial charge in [0.05, 0.1) is 11.5 Å². The molecule has 0 amide bonds. The molecule has 1 N–H and O–H groups in total. The Morgan fingerprint density at radius 2 is 2.11 bits per heavy atom. The fourth-order valence-electron chi connectivity index (χ4n) is 3.92. The summed E-state index contributed by atoms with van der Waals surface area (Å²) in [6.07, 6.45) is 5.32. The van der Waals surface area contributed by atoms with Crippen molar-refractivity contribution in [3.05, 3.63) is 39.9 Å². The molecule has 2 heterocycles. The van der Waals surface area contributed by atoms with Crippen LogP contribution in [0.3, 0.4) is 0 Å². The van der Waals surface area contributed by atoms with E-state index in [9.17, 15) is 10.1 Å². The second-order valence-electron chi connectivity index (χ2n) is 7.59. The number of aliphatic imine (C=N–C) groups is 1. The van der Waals surface area contributed by atoms with Crippen LogP contribution in [0, 0.1) is 15.5 Å². The Kier molecular flexibility index (Phi) is 8.94. The number of ether oxygens (including phenoxy) is 1.